The van der Waals surface area contributed by atoms with Gasteiger partial charge in [0.15, 0.2) is 0 Å². The fourth-order valence-corrected chi connectivity index (χ4v) is 2.87. The first-order chi connectivity index (χ1) is 9.65. The van der Waals surface area contributed by atoms with Crippen LogP contribution in [0, 0.1) is 0 Å². The number of nitrogens with two attached hydrogens (primary N) is 1. The van der Waals surface area contributed by atoms with Crippen molar-refractivity contribution >= 4 is 44.1 Å². The summed E-state index contributed by atoms with van der Waals surface area (Å²) in [7, 11) is 0. The number of pyridine rings is 1. The van der Waals surface area contributed by atoms with Gasteiger partial charge in [0.05, 0.1) is 23.1 Å². The summed E-state index contributed by atoms with van der Waals surface area (Å²) >= 11 is 3.49. The molecule has 0 aliphatic carbocycles. The number of rotatable bonds is 1. The van der Waals surface area contributed by atoms with Crippen molar-refractivity contribution in [2.75, 3.05) is 30.3 Å². The molecule has 1 amide bonds. The molecule has 1 fully saturated rings. The fraction of sp³-hybridized carbons (Fsp3) is 0.286. The molecule has 6 heteroatoms. The molecule has 0 bridgehead atoms. The van der Waals surface area contributed by atoms with E-state index in [1.165, 1.54) is 0 Å². The Hall–Kier alpha value is -1.82. The van der Waals surface area contributed by atoms with Crippen LogP contribution in [0.2, 0.25) is 0 Å². The predicted molar refractivity (Wildman–Crippen MR) is 83.7 cm³/mol. The van der Waals surface area contributed by atoms with Gasteiger partial charge in [-0.3, -0.25) is 9.78 Å². The van der Waals surface area contributed by atoms with Gasteiger partial charge < -0.3 is 16.0 Å². The lowest BCUT2D eigenvalue weighted by Gasteiger charge is -2.25. The van der Waals surface area contributed by atoms with Crippen LogP contribution in [0.25, 0.3) is 10.9 Å². The van der Waals surface area contributed by atoms with Crippen LogP contribution in [0.1, 0.15) is 6.42 Å². The molecule has 2 heterocycles. The van der Waals surface area contributed by atoms with Gasteiger partial charge in [-0.15, -0.1) is 0 Å². The minimum absolute atomic E-state index is 0.0885. The summed E-state index contributed by atoms with van der Waals surface area (Å²) in [6.45, 7) is 2.05. The van der Waals surface area contributed by atoms with Crippen LogP contribution in [0.15, 0.2) is 28.9 Å². The Morgan fingerprint density at radius 1 is 1.35 bits per heavy atom. The zero-order valence-corrected chi connectivity index (χ0v) is 12.5. The van der Waals surface area contributed by atoms with Gasteiger partial charge in [-0.25, -0.2) is 0 Å². The third-order valence-corrected chi connectivity index (χ3v) is 3.95. The quantitative estimate of drug-likeness (QED) is 0.835. The molecule has 2 aromatic rings. The highest BCUT2D eigenvalue weighted by Crippen LogP contribution is 2.33. The van der Waals surface area contributed by atoms with Crippen LogP contribution >= 0.6 is 15.9 Å². The number of halogens is 1. The molecular weight excluding hydrogens is 320 g/mol. The van der Waals surface area contributed by atoms with Crippen molar-refractivity contribution in [3.05, 3.63) is 28.9 Å². The third-order valence-electron chi connectivity index (χ3n) is 3.46. The SMILES string of the molecule is Nc1cnc2ccc(Br)cc2c1N1CCNC(=O)CC1. The second-order valence-corrected chi connectivity index (χ2v) is 5.73. The summed E-state index contributed by atoms with van der Waals surface area (Å²) < 4.78 is 0.989. The molecule has 3 rings (SSSR count). The molecule has 104 valence electrons. The van der Waals surface area contributed by atoms with Crippen LogP contribution in [0.5, 0.6) is 0 Å². The monoisotopic (exact) mass is 334 g/mol. The number of hydrogen-bond acceptors (Lipinski definition) is 4. The number of aromatic nitrogens is 1. The number of carbonyl (C=O) groups excluding carboxylic acids is 1. The highest BCUT2D eigenvalue weighted by molar-refractivity contribution is 9.10. The number of fused-ring (bicyclic) bond motifs is 1. The van der Waals surface area contributed by atoms with Gasteiger partial charge in [0.2, 0.25) is 5.91 Å². The molecule has 1 saturated heterocycles. The Bertz CT molecular complexity index is 668. The molecule has 20 heavy (non-hydrogen) atoms. The van der Waals surface area contributed by atoms with Gasteiger partial charge in [0.1, 0.15) is 0 Å². The second kappa shape index (κ2) is 5.28. The zero-order valence-electron chi connectivity index (χ0n) is 10.9. The molecular formula is C14H15BrN4O. The minimum atomic E-state index is 0.0885. The zero-order chi connectivity index (χ0) is 14.1. The summed E-state index contributed by atoms with van der Waals surface area (Å²) in [5.41, 5.74) is 8.64. The van der Waals surface area contributed by atoms with E-state index in [9.17, 15) is 4.79 Å². The number of hydrogen-bond donors (Lipinski definition) is 2. The summed E-state index contributed by atoms with van der Waals surface area (Å²) in [6.07, 6.45) is 2.17. The van der Waals surface area contributed by atoms with Gasteiger partial charge in [-0.2, -0.15) is 0 Å². The molecule has 1 aromatic carbocycles. The molecule has 5 nitrogen and oxygen atoms in total. The van der Waals surface area contributed by atoms with Crippen molar-refractivity contribution in [3.8, 4) is 0 Å². The molecule has 1 aliphatic rings. The van der Waals surface area contributed by atoms with Crippen molar-refractivity contribution in [2.45, 2.75) is 6.42 Å². The number of nitrogen functional groups attached to an aromatic ring is 1. The molecule has 1 aliphatic heterocycles. The van der Waals surface area contributed by atoms with Gasteiger partial charge in [0.25, 0.3) is 0 Å². The summed E-state index contributed by atoms with van der Waals surface area (Å²) in [6, 6.07) is 5.95. The van der Waals surface area contributed by atoms with Crippen LogP contribution < -0.4 is 16.0 Å². The average Bonchev–Trinajstić information content (AvgIpc) is 2.63. The van der Waals surface area contributed by atoms with Crippen LogP contribution in [0.4, 0.5) is 11.4 Å². The highest BCUT2D eigenvalue weighted by atomic mass is 79.9. The van der Waals surface area contributed by atoms with E-state index >= 15 is 0 Å². The van der Waals surface area contributed by atoms with Gasteiger partial charge in [0, 0.05) is 35.9 Å². The van der Waals surface area contributed by atoms with Crippen molar-refractivity contribution in [1.82, 2.24) is 10.3 Å². The number of benzene rings is 1. The molecule has 1 aromatic heterocycles. The maximum absolute atomic E-state index is 11.5. The van der Waals surface area contributed by atoms with Crippen molar-refractivity contribution in [2.24, 2.45) is 0 Å². The van der Waals surface area contributed by atoms with Crippen molar-refractivity contribution < 1.29 is 4.79 Å². The summed E-state index contributed by atoms with van der Waals surface area (Å²) in [4.78, 5) is 18.0. The van der Waals surface area contributed by atoms with E-state index in [0.717, 1.165) is 27.6 Å². The standard InChI is InChI=1S/C14H15BrN4O/c15-9-1-2-12-10(7-9)14(11(16)8-18-12)19-5-3-13(20)17-4-6-19/h1-2,7-8H,3-6,16H2,(H,17,20). The normalized spacial score (nSPS) is 16.1. The van der Waals surface area contributed by atoms with E-state index in [1.54, 1.807) is 6.20 Å². The van der Waals surface area contributed by atoms with Crippen LogP contribution in [-0.2, 0) is 4.79 Å². The molecule has 0 radical (unpaired) electrons. The molecule has 0 unspecified atom stereocenters. The first-order valence-corrected chi connectivity index (χ1v) is 7.30. The summed E-state index contributed by atoms with van der Waals surface area (Å²) in [5, 5.41) is 3.88. The Morgan fingerprint density at radius 2 is 2.20 bits per heavy atom. The number of nitrogens with one attached hydrogen (secondary N) is 1. The highest BCUT2D eigenvalue weighted by Gasteiger charge is 2.18. The van der Waals surface area contributed by atoms with Crippen molar-refractivity contribution in [3.63, 3.8) is 0 Å². The fourth-order valence-electron chi connectivity index (χ4n) is 2.51. The number of carbonyl (C=O) groups is 1. The van der Waals surface area contributed by atoms with Gasteiger partial charge in [-0.1, -0.05) is 15.9 Å². The maximum atomic E-state index is 11.5. The van der Waals surface area contributed by atoms with E-state index in [1.807, 2.05) is 18.2 Å². The molecule has 0 spiro atoms. The largest absolute Gasteiger partial charge is 0.396 e. The number of nitrogens with zero attached hydrogens (tertiary/aromatic N) is 2. The van der Waals surface area contributed by atoms with Crippen LogP contribution in [-0.4, -0.2) is 30.5 Å². The van der Waals surface area contributed by atoms with Gasteiger partial charge in [-0.05, 0) is 18.2 Å². The lowest BCUT2D eigenvalue weighted by molar-refractivity contribution is -0.120. The lowest BCUT2D eigenvalue weighted by Crippen LogP contribution is -2.29. The van der Waals surface area contributed by atoms with E-state index in [-0.39, 0.29) is 5.91 Å². The first-order valence-electron chi connectivity index (χ1n) is 6.50. The van der Waals surface area contributed by atoms with Crippen molar-refractivity contribution in [1.29, 1.82) is 0 Å². The second-order valence-electron chi connectivity index (χ2n) is 4.81. The molecule has 0 atom stereocenters. The first kappa shape index (κ1) is 13.2. The average molecular weight is 335 g/mol. The molecule has 0 saturated carbocycles. The van der Waals surface area contributed by atoms with E-state index in [0.29, 0.717) is 25.2 Å². The third kappa shape index (κ3) is 2.43. The van der Waals surface area contributed by atoms with Crippen LogP contribution in [0.3, 0.4) is 0 Å². The Balaban J connectivity index is 2.11. The van der Waals surface area contributed by atoms with E-state index < -0.39 is 0 Å². The van der Waals surface area contributed by atoms with E-state index in [2.05, 4.69) is 31.1 Å². The minimum Gasteiger partial charge on any atom is -0.396 e. The smallest absolute Gasteiger partial charge is 0.221 e. The van der Waals surface area contributed by atoms with Gasteiger partial charge >= 0.3 is 0 Å². The summed E-state index contributed by atoms with van der Waals surface area (Å²) in [5.74, 6) is 0.0885. The number of anilines is 2. The Labute approximate surface area is 125 Å². The Morgan fingerprint density at radius 3 is 3.05 bits per heavy atom. The topological polar surface area (TPSA) is 71.2 Å². The van der Waals surface area contributed by atoms with E-state index in [4.69, 9.17) is 5.73 Å². The Kier molecular flexibility index (Phi) is 3.48. The predicted octanol–water partition coefficient (Wildman–Crippen LogP) is 1.91. The lowest BCUT2D eigenvalue weighted by atomic mass is 10.1. The molecule has 3 N–H and O–H groups in total. The number of amides is 1. The maximum Gasteiger partial charge on any atom is 0.221 e.